The van der Waals surface area contributed by atoms with Gasteiger partial charge < -0.3 is 9.64 Å². The van der Waals surface area contributed by atoms with Crippen molar-refractivity contribution >= 4 is 5.91 Å². The Kier molecular flexibility index (Phi) is 5.28. The van der Waals surface area contributed by atoms with Crippen LogP contribution in [0.4, 0.5) is 4.39 Å². The fraction of sp³-hybridized carbons (Fsp3) is 0.375. The molecule has 1 saturated carbocycles. The maximum absolute atomic E-state index is 14.4. The van der Waals surface area contributed by atoms with Crippen molar-refractivity contribution in [3.63, 3.8) is 0 Å². The van der Waals surface area contributed by atoms with E-state index in [-0.39, 0.29) is 23.9 Å². The molecule has 2 aliphatic heterocycles. The minimum absolute atomic E-state index is 0.00357. The summed E-state index contributed by atoms with van der Waals surface area (Å²) in [5, 5.41) is 0. The van der Waals surface area contributed by atoms with E-state index in [4.69, 9.17) is 4.74 Å². The lowest BCUT2D eigenvalue weighted by molar-refractivity contribution is -0.0326. The Labute approximate surface area is 185 Å². The first-order valence-corrected chi connectivity index (χ1v) is 10.8. The van der Waals surface area contributed by atoms with Gasteiger partial charge in [0.05, 0.1) is 11.6 Å². The van der Waals surface area contributed by atoms with Crippen LogP contribution in [0, 0.1) is 25.6 Å². The standard InChI is InChI=1S/C24H24FN5O2/c1-14-8-17(21(28-11-14)22-26-6-3-7-27-22)24(31)30-13-16-4-5-19(30)20(10-16)32-23-18(25)9-15(2)12-29-23/h3,6-9,11-12,16,19-20H,4-5,10,13H2,1-2H3. The summed E-state index contributed by atoms with van der Waals surface area (Å²) in [6.07, 6.45) is 8.89. The molecule has 0 aromatic carbocycles. The molecule has 6 rings (SSSR count). The third-order valence-electron chi connectivity index (χ3n) is 6.22. The second-order valence-electron chi connectivity index (χ2n) is 8.64. The van der Waals surface area contributed by atoms with Gasteiger partial charge in [0.1, 0.15) is 11.8 Å². The van der Waals surface area contributed by atoms with Crippen molar-refractivity contribution in [2.24, 2.45) is 5.92 Å². The quantitative estimate of drug-likeness (QED) is 0.623. The topological polar surface area (TPSA) is 81.1 Å². The monoisotopic (exact) mass is 433 g/mol. The molecule has 3 aromatic rings. The van der Waals surface area contributed by atoms with Crippen LogP contribution in [0.15, 0.2) is 43.0 Å². The lowest BCUT2D eigenvalue weighted by Crippen LogP contribution is -2.59. The second kappa shape index (κ2) is 8.26. The minimum Gasteiger partial charge on any atom is -0.470 e. The van der Waals surface area contributed by atoms with Gasteiger partial charge in [0, 0.05) is 31.3 Å². The zero-order valence-corrected chi connectivity index (χ0v) is 18.0. The van der Waals surface area contributed by atoms with Gasteiger partial charge >= 0.3 is 0 Å². The van der Waals surface area contributed by atoms with Gasteiger partial charge in [-0.05, 0) is 68.4 Å². The summed E-state index contributed by atoms with van der Waals surface area (Å²) in [6, 6.07) is 4.82. The van der Waals surface area contributed by atoms with Crippen molar-refractivity contribution in [2.75, 3.05) is 6.54 Å². The highest BCUT2D eigenvalue weighted by atomic mass is 19.1. The van der Waals surface area contributed by atoms with Crippen LogP contribution < -0.4 is 4.74 Å². The number of piperidine rings is 2. The van der Waals surface area contributed by atoms with E-state index in [0.29, 0.717) is 29.5 Å². The number of pyridine rings is 2. The van der Waals surface area contributed by atoms with Gasteiger partial charge in [0.2, 0.25) is 0 Å². The van der Waals surface area contributed by atoms with E-state index < -0.39 is 5.82 Å². The van der Waals surface area contributed by atoms with Crippen LogP contribution in [0.1, 0.15) is 40.7 Å². The summed E-state index contributed by atoms with van der Waals surface area (Å²) in [7, 11) is 0. The molecule has 3 fully saturated rings. The van der Waals surface area contributed by atoms with Gasteiger partial charge in [-0.2, -0.15) is 0 Å². The SMILES string of the molecule is Cc1cnc(OC2CC3CCC2N(C(=O)c2cc(C)cnc2-c2ncccn2)C3)c(F)c1. The molecule has 3 unspecified atom stereocenters. The fourth-order valence-electron chi connectivity index (χ4n) is 4.73. The molecule has 1 aliphatic carbocycles. The van der Waals surface area contributed by atoms with E-state index in [1.807, 2.05) is 17.9 Å². The number of fused-ring (bicyclic) bond motifs is 3. The molecule has 8 heteroatoms. The van der Waals surface area contributed by atoms with Gasteiger partial charge in [0.25, 0.3) is 11.8 Å². The Morgan fingerprint density at radius 3 is 2.56 bits per heavy atom. The van der Waals surface area contributed by atoms with Crippen LogP contribution in [0.3, 0.4) is 0 Å². The number of hydrogen-bond acceptors (Lipinski definition) is 6. The number of hydrogen-bond donors (Lipinski definition) is 0. The average molecular weight is 433 g/mol. The summed E-state index contributed by atoms with van der Waals surface area (Å²) in [4.78, 5) is 32.7. The Morgan fingerprint density at radius 2 is 1.81 bits per heavy atom. The molecule has 164 valence electrons. The first kappa shape index (κ1) is 20.5. The number of ether oxygens (including phenoxy) is 1. The van der Waals surface area contributed by atoms with E-state index in [0.717, 1.165) is 30.4 Å². The molecule has 3 atom stereocenters. The molecule has 2 bridgehead atoms. The lowest BCUT2D eigenvalue weighted by atomic mass is 9.77. The smallest absolute Gasteiger partial charge is 0.256 e. The van der Waals surface area contributed by atoms with Crippen molar-refractivity contribution in [3.8, 4) is 17.4 Å². The average Bonchev–Trinajstić information content (AvgIpc) is 2.81. The van der Waals surface area contributed by atoms with Crippen molar-refractivity contribution in [1.82, 2.24) is 24.8 Å². The third kappa shape index (κ3) is 3.81. The van der Waals surface area contributed by atoms with Crippen molar-refractivity contribution in [3.05, 3.63) is 65.5 Å². The van der Waals surface area contributed by atoms with Crippen molar-refractivity contribution in [1.29, 1.82) is 0 Å². The van der Waals surface area contributed by atoms with E-state index in [9.17, 15) is 9.18 Å². The van der Waals surface area contributed by atoms with Crippen LogP contribution in [0.25, 0.3) is 11.5 Å². The highest BCUT2D eigenvalue weighted by Crippen LogP contribution is 2.38. The van der Waals surface area contributed by atoms with Gasteiger partial charge in [-0.1, -0.05) is 0 Å². The number of carbonyl (C=O) groups is 1. The largest absolute Gasteiger partial charge is 0.470 e. The number of amides is 1. The summed E-state index contributed by atoms with van der Waals surface area (Å²) in [6.45, 7) is 4.34. The van der Waals surface area contributed by atoms with Crippen LogP contribution in [-0.2, 0) is 0 Å². The first-order valence-electron chi connectivity index (χ1n) is 10.8. The molecule has 1 amide bonds. The number of halogens is 1. The molecule has 32 heavy (non-hydrogen) atoms. The Morgan fingerprint density at radius 1 is 1.06 bits per heavy atom. The summed E-state index contributed by atoms with van der Waals surface area (Å²) in [5.41, 5.74) is 2.56. The van der Waals surface area contributed by atoms with Crippen molar-refractivity contribution < 1.29 is 13.9 Å². The van der Waals surface area contributed by atoms with E-state index >= 15 is 0 Å². The number of rotatable bonds is 4. The Hall–Kier alpha value is -3.42. The number of aromatic nitrogens is 4. The molecule has 5 heterocycles. The lowest BCUT2D eigenvalue weighted by Gasteiger charge is -2.49. The van der Waals surface area contributed by atoms with E-state index in [2.05, 4.69) is 19.9 Å². The molecule has 0 spiro atoms. The normalized spacial score (nSPS) is 22.1. The van der Waals surface area contributed by atoms with Crippen LogP contribution in [0.2, 0.25) is 0 Å². The first-order chi connectivity index (χ1) is 15.5. The van der Waals surface area contributed by atoms with Crippen LogP contribution in [0.5, 0.6) is 5.88 Å². The minimum atomic E-state index is -0.476. The fourth-order valence-corrected chi connectivity index (χ4v) is 4.73. The van der Waals surface area contributed by atoms with E-state index in [1.165, 1.54) is 6.07 Å². The number of carbonyl (C=O) groups excluding carboxylic acids is 1. The molecule has 0 radical (unpaired) electrons. The molecule has 3 aromatic heterocycles. The predicted octanol–water partition coefficient (Wildman–Crippen LogP) is 3.76. The molecular formula is C24H24FN5O2. The van der Waals surface area contributed by atoms with E-state index in [1.54, 1.807) is 37.8 Å². The summed E-state index contributed by atoms with van der Waals surface area (Å²) >= 11 is 0. The number of nitrogens with zero attached hydrogens (tertiary/aromatic N) is 5. The van der Waals surface area contributed by atoms with Gasteiger partial charge in [-0.15, -0.1) is 0 Å². The summed E-state index contributed by atoms with van der Waals surface area (Å²) < 4.78 is 20.4. The number of aryl methyl sites for hydroxylation is 2. The van der Waals surface area contributed by atoms with Crippen LogP contribution >= 0.6 is 0 Å². The Balaban J connectivity index is 1.45. The maximum atomic E-state index is 14.4. The molecule has 2 saturated heterocycles. The second-order valence-corrected chi connectivity index (χ2v) is 8.64. The van der Waals surface area contributed by atoms with Gasteiger partial charge in [0.15, 0.2) is 11.6 Å². The molecule has 3 aliphatic rings. The summed E-state index contributed by atoms with van der Waals surface area (Å²) in [5.74, 6) is 0.115. The third-order valence-corrected chi connectivity index (χ3v) is 6.22. The zero-order chi connectivity index (χ0) is 22.2. The van der Waals surface area contributed by atoms with Gasteiger partial charge in [-0.25, -0.2) is 19.3 Å². The predicted molar refractivity (Wildman–Crippen MR) is 116 cm³/mol. The Bertz CT molecular complexity index is 1160. The van der Waals surface area contributed by atoms with Crippen LogP contribution in [-0.4, -0.2) is 49.4 Å². The maximum Gasteiger partial charge on any atom is 0.256 e. The van der Waals surface area contributed by atoms with Crippen molar-refractivity contribution in [2.45, 2.75) is 45.3 Å². The highest BCUT2D eigenvalue weighted by Gasteiger charge is 2.45. The molecular weight excluding hydrogens is 409 g/mol. The van der Waals surface area contributed by atoms with Gasteiger partial charge in [-0.3, -0.25) is 9.78 Å². The highest BCUT2D eigenvalue weighted by molar-refractivity contribution is 5.99. The molecule has 7 nitrogen and oxygen atoms in total. The molecule has 0 N–H and O–H groups in total. The zero-order valence-electron chi connectivity index (χ0n) is 18.0.